The second kappa shape index (κ2) is 8.79. The number of carbonyl (C=O) groups excluding carboxylic acids is 1. The molecule has 4 rings (SSSR count). The molecule has 2 heterocycles. The Morgan fingerprint density at radius 1 is 1.00 bits per heavy atom. The standard InChI is InChI=1S/C22H20N4O2S/c1-15-20(16-9-4-2-5-10-16)29-22(23-15)24-18(27)13-8-14-19-25-26-21(28-19)17-11-6-3-7-12-17/h2-7,9-12H,8,13-14H2,1H3,(H,23,24,27). The lowest BCUT2D eigenvalue weighted by atomic mass is 10.2. The van der Waals surface area contributed by atoms with Crippen LogP contribution in [-0.4, -0.2) is 21.1 Å². The number of amides is 1. The van der Waals surface area contributed by atoms with Gasteiger partial charge in [-0.3, -0.25) is 4.79 Å². The minimum atomic E-state index is -0.0684. The number of anilines is 1. The summed E-state index contributed by atoms with van der Waals surface area (Å²) in [6.07, 6.45) is 1.54. The van der Waals surface area contributed by atoms with Crippen LogP contribution in [0, 0.1) is 6.92 Å². The first-order valence-electron chi connectivity index (χ1n) is 9.39. The van der Waals surface area contributed by atoms with Gasteiger partial charge in [0.25, 0.3) is 0 Å². The Morgan fingerprint density at radius 3 is 2.41 bits per heavy atom. The third kappa shape index (κ3) is 4.75. The lowest BCUT2D eigenvalue weighted by Gasteiger charge is -2.00. The molecule has 0 bridgehead atoms. The molecular formula is C22H20N4O2S. The Hall–Kier alpha value is -3.32. The van der Waals surface area contributed by atoms with Crippen molar-refractivity contribution in [2.75, 3.05) is 5.32 Å². The largest absolute Gasteiger partial charge is 0.421 e. The van der Waals surface area contributed by atoms with E-state index in [0.29, 0.717) is 36.2 Å². The number of rotatable bonds is 7. The first kappa shape index (κ1) is 19.0. The Bertz CT molecular complexity index is 1090. The fraction of sp³-hybridized carbons (Fsp3) is 0.182. The minimum Gasteiger partial charge on any atom is -0.421 e. The van der Waals surface area contributed by atoms with E-state index in [-0.39, 0.29) is 5.91 Å². The van der Waals surface area contributed by atoms with Crippen molar-refractivity contribution in [1.82, 2.24) is 15.2 Å². The van der Waals surface area contributed by atoms with Crippen LogP contribution in [0.3, 0.4) is 0 Å². The highest BCUT2D eigenvalue weighted by atomic mass is 32.1. The van der Waals surface area contributed by atoms with Crippen molar-refractivity contribution in [3.8, 4) is 21.9 Å². The number of carbonyl (C=O) groups is 1. The van der Waals surface area contributed by atoms with E-state index in [2.05, 4.69) is 20.5 Å². The number of aryl methyl sites for hydroxylation is 2. The molecule has 0 aliphatic rings. The molecule has 0 atom stereocenters. The molecule has 0 saturated carbocycles. The van der Waals surface area contributed by atoms with Gasteiger partial charge in [0.05, 0.1) is 10.6 Å². The molecule has 0 radical (unpaired) electrons. The number of benzene rings is 2. The van der Waals surface area contributed by atoms with E-state index in [0.717, 1.165) is 21.7 Å². The van der Waals surface area contributed by atoms with Gasteiger partial charge in [0.15, 0.2) is 5.13 Å². The summed E-state index contributed by atoms with van der Waals surface area (Å²) in [6, 6.07) is 19.7. The third-order valence-electron chi connectivity index (χ3n) is 4.36. The predicted octanol–water partition coefficient (Wildman–Crippen LogP) is 5.13. The van der Waals surface area contributed by atoms with E-state index >= 15 is 0 Å². The van der Waals surface area contributed by atoms with Gasteiger partial charge in [0.2, 0.25) is 17.7 Å². The van der Waals surface area contributed by atoms with Gasteiger partial charge in [-0.15, -0.1) is 10.2 Å². The molecule has 1 amide bonds. The topological polar surface area (TPSA) is 80.9 Å². The molecule has 0 aliphatic heterocycles. The molecule has 0 unspecified atom stereocenters. The fourth-order valence-corrected chi connectivity index (χ4v) is 3.93. The summed E-state index contributed by atoms with van der Waals surface area (Å²) in [5.41, 5.74) is 2.90. The van der Waals surface area contributed by atoms with Crippen LogP contribution < -0.4 is 5.32 Å². The molecule has 0 fully saturated rings. The van der Waals surface area contributed by atoms with Crippen molar-refractivity contribution in [1.29, 1.82) is 0 Å². The maximum Gasteiger partial charge on any atom is 0.247 e. The third-order valence-corrected chi connectivity index (χ3v) is 5.48. The van der Waals surface area contributed by atoms with Crippen LogP contribution >= 0.6 is 11.3 Å². The molecule has 1 N–H and O–H groups in total. The maximum atomic E-state index is 12.3. The van der Waals surface area contributed by atoms with Gasteiger partial charge in [-0.2, -0.15) is 0 Å². The van der Waals surface area contributed by atoms with Gasteiger partial charge >= 0.3 is 0 Å². The van der Waals surface area contributed by atoms with E-state index < -0.39 is 0 Å². The monoisotopic (exact) mass is 404 g/mol. The molecule has 29 heavy (non-hydrogen) atoms. The van der Waals surface area contributed by atoms with Gasteiger partial charge < -0.3 is 9.73 Å². The lowest BCUT2D eigenvalue weighted by molar-refractivity contribution is -0.116. The van der Waals surface area contributed by atoms with Crippen LogP contribution in [-0.2, 0) is 11.2 Å². The quantitative estimate of drug-likeness (QED) is 0.462. The van der Waals surface area contributed by atoms with Gasteiger partial charge in [-0.05, 0) is 31.0 Å². The van der Waals surface area contributed by atoms with Crippen LogP contribution in [0.25, 0.3) is 21.9 Å². The summed E-state index contributed by atoms with van der Waals surface area (Å²) in [5, 5.41) is 11.6. The molecule has 2 aromatic heterocycles. The Balaban J connectivity index is 1.29. The molecule has 7 heteroatoms. The summed E-state index contributed by atoms with van der Waals surface area (Å²) >= 11 is 1.49. The SMILES string of the molecule is Cc1nc(NC(=O)CCCc2nnc(-c3ccccc3)o2)sc1-c1ccccc1. The normalized spacial score (nSPS) is 10.8. The van der Waals surface area contributed by atoms with Gasteiger partial charge in [0, 0.05) is 18.4 Å². The molecular weight excluding hydrogens is 384 g/mol. The zero-order valence-electron chi connectivity index (χ0n) is 16.0. The van der Waals surface area contributed by atoms with Crippen LogP contribution in [0.1, 0.15) is 24.4 Å². The number of hydrogen-bond donors (Lipinski definition) is 1. The van der Waals surface area contributed by atoms with E-state index in [4.69, 9.17) is 4.42 Å². The average Bonchev–Trinajstić information content (AvgIpc) is 3.36. The second-order valence-electron chi connectivity index (χ2n) is 6.57. The van der Waals surface area contributed by atoms with E-state index in [1.165, 1.54) is 11.3 Å². The van der Waals surface area contributed by atoms with E-state index in [1.54, 1.807) is 0 Å². The van der Waals surface area contributed by atoms with Crippen LogP contribution in [0.2, 0.25) is 0 Å². The van der Waals surface area contributed by atoms with E-state index in [9.17, 15) is 4.79 Å². The van der Waals surface area contributed by atoms with Crippen molar-refractivity contribution in [2.24, 2.45) is 0 Å². The number of nitrogens with zero attached hydrogens (tertiary/aromatic N) is 3. The predicted molar refractivity (Wildman–Crippen MR) is 114 cm³/mol. The summed E-state index contributed by atoms with van der Waals surface area (Å²) in [7, 11) is 0. The number of nitrogens with one attached hydrogen (secondary N) is 1. The molecule has 6 nitrogen and oxygen atoms in total. The molecule has 0 spiro atoms. The highest BCUT2D eigenvalue weighted by molar-refractivity contribution is 7.19. The summed E-state index contributed by atoms with van der Waals surface area (Å²) in [4.78, 5) is 17.8. The first-order chi connectivity index (χ1) is 14.2. The summed E-state index contributed by atoms with van der Waals surface area (Å²) < 4.78 is 5.67. The number of hydrogen-bond acceptors (Lipinski definition) is 6. The van der Waals surface area contributed by atoms with Gasteiger partial charge in [0.1, 0.15) is 0 Å². The Morgan fingerprint density at radius 2 is 1.69 bits per heavy atom. The average molecular weight is 404 g/mol. The fourth-order valence-electron chi connectivity index (χ4n) is 2.94. The number of thiazole rings is 1. The van der Waals surface area contributed by atoms with Crippen molar-refractivity contribution in [3.05, 3.63) is 72.2 Å². The number of aromatic nitrogens is 3. The smallest absolute Gasteiger partial charge is 0.247 e. The Kier molecular flexibility index (Phi) is 5.76. The van der Waals surface area contributed by atoms with E-state index in [1.807, 2.05) is 67.6 Å². The molecule has 4 aromatic rings. The second-order valence-corrected chi connectivity index (χ2v) is 7.57. The highest BCUT2D eigenvalue weighted by Gasteiger charge is 2.13. The zero-order valence-corrected chi connectivity index (χ0v) is 16.8. The molecule has 2 aromatic carbocycles. The highest BCUT2D eigenvalue weighted by Crippen LogP contribution is 2.32. The molecule has 0 aliphatic carbocycles. The van der Waals surface area contributed by atoms with Crippen LogP contribution in [0.15, 0.2) is 65.1 Å². The van der Waals surface area contributed by atoms with Crippen LogP contribution in [0.4, 0.5) is 5.13 Å². The van der Waals surface area contributed by atoms with Crippen molar-refractivity contribution in [2.45, 2.75) is 26.2 Å². The van der Waals surface area contributed by atoms with Gasteiger partial charge in [-0.25, -0.2) is 4.98 Å². The maximum absolute atomic E-state index is 12.3. The molecule has 0 saturated heterocycles. The summed E-state index contributed by atoms with van der Waals surface area (Å²) in [6.45, 7) is 1.95. The summed E-state index contributed by atoms with van der Waals surface area (Å²) in [5.74, 6) is 0.964. The van der Waals surface area contributed by atoms with Gasteiger partial charge in [-0.1, -0.05) is 59.9 Å². The van der Waals surface area contributed by atoms with Crippen molar-refractivity contribution in [3.63, 3.8) is 0 Å². The molecule has 146 valence electrons. The lowest BCUT2D eigenvalue weighted by Crippen LogP contribution is -2.11. The Labute approximate surface area is 172 Å². The zero-order chi connectivity index (χ0) is 20.1. The van der Waals surface area contributed by atoms with Crippen molar-refractivity contribution >= 4 is 22.4 Å². The first-order valence-corrected chi connectivity index (χ1v) is 10.2. The van der Waals surface area contributed by atoms with Crippen molar-refractivity contribution < 1.29 is 9.21 Å². The van der Waals surface area contributed by atoms with Crippen LogP contribution in [0.5, 0.6) is 0 Å². The minimum absolute atomic E-state index is 0.0684.